The first-order valence-electron chi connectivity index (χ1n) is 6.12. The molecule has 0 bridgehead atoms. The zero-order valence-corrected chi connectivity index (χ0v) is 15.1. The molecule has 0 unspecified atom stereocenters. The molecule has 1 aliphatic carbocycles. The summed E-state index contributed by atoms with van der Waals surface area (Å²) < 4.78 is 1.57. The summed E-state index contributed by atoms with van der Waals surface area (Å²) in [6, 6.07) is 0. The fourth-order valence-electron chi connectivity index (χ4n) is 2.19. The molecule has 1 aliphatic rings. The average Bonchev–Trinajstić information content (AvgIpc) is 2.94. The van der Waals surface area contributed by atoms with Gasteiger partial charge < -0.3 is 10.2 Å². The van der Waals surface area contributed by atoms with Crippen LogP contribution < -0.4 is 10.2 Å². The van der Waals surface area contributed by atoms with Gasteiger partial charge in [-0.25, -0.2) is 0 Å². The van der Waals surface area contributed by atoms with E-state index in [2.05, 4.69) is 60.3 Å². The van der Waals surface area contributed by atoms with E-state index in [4.69, 9.17) is 10.2 Å². The van der Waals surface area contributed by atoms with Crippen molar-refractivity contribution in [2.45, 2.75) is 34.1 Å². The summed E-state index contributed by atoms with van der Waals surface area (Å²) in [6.45, 7) is 9.16. The van der Waals surface area contributed by atoms with Crippen LogP contribution in [0.4, 0.5) is 0 Å². The van der Waals surface area contributed by atoms with E-state index in [0.29, 0.717) is 0 Å². The topological polar surface area (TPSA) is 46.1 Å². The molecule has 0 atom stereocenters. The zero-order valence-electron chi connectivity index (χ0n) is 12.6. The van der Waals surface area contributed by atoms with E-state index in [1.54, 1.807) is 19.8 Å². The minimum atomic E-state index is -0.135. The van der Waals surface area contributed by atoms with Crippen LogP contribution in [0, 0.1) is 27.7 Å². The first kappa shape index (κ1) is 18.9. The van der Waals surface area contributed by atoms with Gasteiger partial charge in [-0.2, -0.15) is 14.2 Å². The molecule has 0 fully saturated rings. The van der Waals surface area contributed by atoms with Gasteiger partial charge in [-0.05, 0) is 0 Å². The Morgan fingerprint density at radius 3 is 1.68 bits per heavy atom. The molecule has 19 heavy (non-hydrogen) atoms. The Hall–Kier alpha value is -0.106. The molecule has 0 aliphatic heterocycles. The van der Waals surface area contributed by atoms with E-state index in [0.717, 1.165) is 20.6 Å². The number of rotatable bonds is 1. The molecule has 4 heteroatoms. The van der Waals surface area contributed by atoms with Gasteiger partial charge in [0.25, 0.3) is 0 Å². The summed E-state index contributed by atoms with van der Waals surface area (Å²) in [7, 11) is 1.37. The van der Waals surface area contributed by atoms with Crippen LogP contribution in [-0.4, -0.2) is 14.2 Å². The Morgan fingerprint density at radius 2 is 1.37 bits per heavy atom. The Morgan fingerprint density at radius 1 is 0.947 bits per heavy atom. The summed E-state index contributed by atoms with van der Waals surface area (Å²) in [4.78, 5) is 0. The molecule has 0 spiro atoms. The molecule has 0 aromatic carbocycles. The summed E-state index contributed by atoms with van der Waals surface area (Å²) >= 11 is 2.28. The van der Waals surface area contributed by atoms with Crippen LogP contribution in [0.3, 0.4) is 0 Å². The Balaban J connectivity index is 0.000000741. The molecule has 0 N–H and O–H groups in total. The Bertz CT molecular complexity index is 459. The third-order valence-corrected chi connectivity index (χ3v) is 7.45. The SMILES string of the molecule is C[O-].C[O-].Cc1c(C)c(C)p(C2=[C]([Ti+2])CC=C2)c1C. The second-order valence-corrected chi connectivity index (χ2v) is 7.66. The standard InChI is InChI=1S/C13H16P.2CH3O.Ti/c1-9-10(2)12(4)14(11(9)3)13-7-5-6-8-13;2*1-2;/h5,7H,6H2,1-4H3;2*1H3;/q;2*-1;+2. The van der Waals surface area contributed by atoms with Gasteiger partial charge in [0, 0.05) is 0 Å². The zero-order chi connectivity index (χ0) is 15.2. The molecule has 0 amide bonds. The minimum absolute atomic E-state index is 0.135. The number of hydrogen-bond donors (Lipinski definition) is 0. The van der Waals surface area contributed by atoms with Gasteiger partial charge in [-0.15, -0.1) is 0 Å². The van der Waals surface area contributed by atoms with Gasteiger partial charge in [-0.3, -0.25) is 0 Å². The van der Waals surface area contributed by atoms with E-state index in [-0.39, 0.29) is 7.53 Å². The van der Waals surface area contributed by atoms with Gasteiger partial charge in [0.05, 0.1) is 0 Å². The van der Waals surface area contributed by atoms with Crippen molar-refractivity contribution >= 4 is 12.8 Å². The van der Waals surface area contributed by atoms with Crippen molar-refractivity contribution in [1.29, 1.82) is 0 Å². The molecular formula is C15H22O2PTi. The van der Waals surface area contributed by atoms with Crippen molar-refractivity contribution in [3.8, 4) is 0 Å². The Kier molecular flexibility index (Phi) is 8.90. The number of hydrogen-bond acceptors (Lipinski definition) is 2. The van der Waals surface area contributed by atoms with Gasteiger partial charge in [0.15, 0.2) is 0 Å². The van der Waals surface area contributed by atoms with Crippen molar-refractivity contribution in [1.82, 2.24) is 0 Å². The maximum absolute atomic E-state index is 8.25. The van der Waals surface area contributed by atoms with E-state index in [9.17, 15) is 0 Å². The predicted octanol–water partition coefficient (Wildman–Crippen LogP) is 2.54. The third kappa shape index (κ3) is 3.93. The van der Waals surface area contributed by atoms with Gasteiger partial charge in [0.2, 0.25) is 0 Å². The monoisotopic (exact) mass is 313 g/mol. The molecule has 2 nitrogen and oxygen atoms in total. The third-order valence-electron chi connectivity index (χ3n) is 3.47. The molecule has 0 saturated heterocycles. The molecule has 1 aromatic heterocycles. The summed E-state index contributed by atoms with van der Waals surface area (Å²) in [6.07, 6.45) is 5.81. The molecule has 1 aromatic rings. The quantitative estimate of drug-likeness (QED) is 0.748. The van der Waals surface area contributed by atoms with Crippen LogP contribution in [0.2, 0.25) is 0 Å². The van der Waals surface area contributed by atoms with Crippen LogP contribution in [0.15, 0.2) is 16.0 Å². The van der Waals surface area contributed by atoms with Crippen molar-refractivity contribution in [2.24, 2.45) is 0 Å². The van der Waals surface area contributed by atoms with E-state index in [1.165, 1.54) is 11.1 Å². The van der Waals surface area contributed by atoms with Crippen LogP contribution in [-0.2, 0) is 20.4 Å². The first-order valence-corrected chi connectivity index (χ1v) is 8.24. The first-order chi connectivity index (χ1) is 9.04. The fourth-order valence-corrected chi connectivity index (χ4v) is 5.88. The second kappa shape index (κ2) is 8.95. The summed E-state index contributed by atoms with van der Waals surface area (Å²) in [5.74, 6) is 0. The van der Waals surface area contributed by atoms with Crippen LogP contribution >= 0.6 is 7.53 Å². The maximum atomic E-state index is 8.25. The normalized spacial score (nSPS) is 12.9. The van der Waals surface area contributed by atoms with Crippen LogP contribution in [0.1, 0.15) is 28.1 Å². The van der Waals surface area contributed by atoms with Crippen LogP contribution in [0.5, 0.6) is 0 Å². The molecule has 103 valence electrons. The van der Waals surface area contributed by atoms with Crippen molar-refractivity contribution in [3.05, 3.63) is 37.7 Å². The average molecular weight is 313 g/mol. The molecule has 2 rings (SSSR count). The molecule has 0 saturated carbocycles. The molecular weight excluding hydrogens is 291 g/mol. The second-order valence-electron chi connectivity index (χ2n) is 4.23. The predicted molar refractivity (Wildman–Crippen MR) is 76.9 cm³/mol. The van der Waals surface area contributed by atoms with Gasteiger partial charge in [0.1, 0.15) is 0 Å². The number of allylic oxidation sites excluding steroid dienone is 4. The van der Waals surface area contributed by atoms with Crippen molar-refractivity contribution in [3.63, 3.8) is 0 Å². The van der Waals surface area contributed by atoms with Gasteiger partial charge >= 0.3 is 105 Å². The van der Waals surface area contributed by atoms with Gasteiger partial charge in [-0.1, -0.05) is 0 Å². The summed E-state index contributed by atoms with van der Waals surface area (Å²) in [5, 5.41) is 21.3. The molecule has 1 heterocycles. The fraction of sp³-hybridized carbons (Fsp3) is 0.467. The van der Waals surface area contributed by atoms with E-state index >= 15 is 0 Å². The van der Waals surface area contributed by atoms with Crippen molar-refractivity contribution < 1.29 is 30.6 Å². The van der Waals surface area contributed by atoms with E-state index < -0.39 is 0 Å². The van der Waals surface area contributed by atoms with E-state index in [1.807, 2.05) is 0 Å². The Labute approximate surface area is 129 Å². The van der Waals surface area contributed by atoms with Crippen molar-refractivity contribution in [2.75, 3.05) is 14.2 Å². The molecule has 0 radical (unpaired) electrons. The summed E-state index contributed by atoms with van der Waals surface area (Å²) in [5.41, 5.74) is 3.05. The van der Waals surface area contributed by atoms with Crippen LogP contribution in [0.25, 0.3) is 5.31 Å².